The molecule has 148 valence electrons. The summed E-state index contributed by atoms with van der Waals surface area (Å²) in [5.41, 5.74) is 2.42. The van der Waals surface area contributed by atoms with E-state index in [2.05, 4.69) is 31.2 Å². The van der Waals surface area contributed by atoms with Crippen molar-refractivity contribution in [1.29, 1.82) is 0 Å². The van der Waals surface area contributed by atoms with Gasteiger partial charge in [-0.25, -0.2) is 0 Å². The van der Waals surface area contributed by atoms with Crippen LogP contribution in [-0.4, -0.2) is 29.2 Å². The standard InChI is InChI=1S/C25H31NO2/c1-17(2)24(19(4)27)26(16-18(3)20-11-7-5-8-12-20)25(28)23-15-22(23)21-13-9-6-10-14-21/h5-14,17-18,22-24H,15-16H2,1-4H3/t18-,22?,23?,24+/m1/s1. The van der Waals surface area contributed by atoms with Gasteiger partial charge in [-0.1, -0.05) is 81.4 Å². The number of rotatable bonds is 8. The van der Waals surface area contributed by atoms with Gasteiger partial charge < -0.3 is 4.90 Å². The van der Waals surface area contributed by atoms with Crippen LogP contribution in [0.4, 0.5) is 0 Å². The summed E-state index contributed by atoms with van der Waals surface area (Å²) >= 11 is 0. The lowest BCUT2D eigenvalue weighted by Gasteiger charge is -2.35. The molecule has 28 heavy (non-hydrogen) atoms. The first-order chi connectivity index (χ1) is 13.4. The molecule has 3 rings (SSSR count). The van der Waals surface area contributed by atoms with Gasteiger partial charge in [-0.2, -0.15) is 0 Å². The minimum absolute atomic E-state index is 0.00836. The zero-order valence-electron chi connectivity index (χ0n) is 17.3. The van der Waals surface area contributed by atoms with Crippen LogP contribution in [0.2, 0.25) is 0 Å². The third-order valence-corrected chi connectivity index (χ3v) is 5.84. The van der Waals surface area contributed by atoms with Crippen molar-refractivity contribution in [2.24, 2.45) is 11.8 Å². The van der Waals surface area contributed by atoms with Crippen molar-refractivity contribution in [3.8, 4) is 0 Å². The number of hydrogen-bond donors (Lipinski definition) is 0. The van der Waals surface area contributed by atoms with E-state index in [1.165, 1.54) is 11.1 Å². The zero-order valence-corrected chi connectivity index (χ0v) is 17.3. The highest BCUT2D eigenvalue weighted by molar-refractivity contribution is 5.90. The Morgan fingerprint density at radius 1 is 0.964 bits per heavy atom. The largest absolute Gasteiger partial charge is 0.332 e. The monoisotopic (exact) mass is 377 g/mol. The smallest absolute Gasteiger partial charge is 0.226 e. The summed E-state index contributed by atoms with van der Waals surface area (Å²) in [6.07, 6.45) is 0.877. The van der Waals surface area contributed by atoms with Crippen LogP contribution >= 0.6 is 0 Å². The van der Waals surface area contributed by atoms with Gasteiger partial charge in [0.25, 0.3) is 0 Å². The van der Waals surface area contributed by atoms with Crippen molar-refractivity contribution in [2.45, 2.75) is 52.0 Å². The van der Waals surface area contributed by atoms with Gasteiger partial charge in [0.2, 0.25) is 5.91 Å². The Kier molecular flexibility index (Phi) is 6.33. The topological polar surface area (TPSA) is 37.4 Å². The average Bonchev–Trinajstić information content (AvgIpc) is 3.48. The van der Waals surface area contributed by atoms with Crippen LogP contribution in [-0.2, 0) is 9.59 Å². The maximum Gasteiger partial charge on any atom is 0.226 e. The third-order valence-electron chi connectivity index (χ3n) is 5.84. The normalized spacial score (nSPS) is 20.5. The lowest BCUT2D eigenvalue weighted by Crippen LogP contribution is -2.49. The van der Waals surface area contributed by atoms with Gasteiger partial charge in [0.15, 0.2) is 5.78 Å². The Morgan fingerprint density at radius 3 is 2.07 bits per heavy atom. The molecule has 1 fully saturated rings. The Hall–Kier alpha value is -2.42. The summed E-state index contributed by atoms with van der Waals surface area (Å²) < 4.78 is 0. The number of hydrogen-bond acceptors (Lipinski definition) is 2. The van der Waals surface area contributed by atoms with Gasteiger partial charge in [-0.05, 0) is 42.2 Å². The quantitative estimate of drug-likeness (QED) is 0.646. The van der Waals surface area contributed by atoms with Crippen LogP contribution in [0.25, 0.3) is 0 Å². The van der Waals surface area contributed by atoms with Gasteiger partial charge in [-0.3, -0.25) is 9.59 Å². The maximum atomic E-state index is 13.5. The first-order valence-corrected chi connectivity index (χ1v) is 10.3. The first kappa shape index (κ1) is 20.3. The summed E-state index contributed by atoms with van der Waals surface area (Å²) in [5, 5.41) is 0. The lowest BCUT2D eigenvalue weighted by atomic mass is 9.94. The predicted octanol–water partition coefficient (Wildman–Crippen LogP) is 5.04. The summed E-state index contributed by atoms with van der Waals surface area (Å²) in [6, 6.07) is 20.1. The third kappa shape index (κ3) is 4.52. The molecule has 0 spiro atoms. The number of benzene rings is 2. The van der Waals surface area contributed by atoms with Gasteiger partial charge >= 0.3 is 0 Å². The average molecular weight is 378 g/mol. The van der Waals surface area contributed by atoms with Gasteiger partial charge in [-0.15, -0.1) is 0 Å². The minimum atomic E-state index is -0.365. The van der Waals surface area contributed by atoms with Crippen molar-refractivity contribution in [2.75, 3.05) is 6.54 Å². The van der Waals surface area contributed by atoms with Crippen molar-refractivity contribution >= 4 is 11.7 Å². The molecule has 0 radical (unpaired) electrons. The minimum Gasteiger partial charge on any atom is -0.332 e. The molecule has 0 aromatic heterocycles. The highest BCUT2D eigenvalue weighted by Gasteiger charge is 2.47. The van der Waals surface area contributed by atoms with E-state index >= 15 is 0 Å². The van der Waals surface area contributed by atoms with Crippen LogP contribution in [0.3, 0.4) is 0 Å². The summed E-state index contributed by atoms with van der Waals surface area (Å²) in [7, 11) is 0. The van der Waals surface area contributed by atoms with E-state index in [0.717, 1.165) is 6.42 Å². The second-order valence-corrected chi connectivity index (χ2v) is 8.46. The van der Waals surface area contributed by atoms with E-state index in [4.69, 9.17) is 0 Å². The second-order valence-electron chi connectivity index (χ2n) is 8.46. The molecular formula is C25H31NO2. The molecule has 1 aliphatic carbocycles. The van der Waals surface area contributed by atoms with Gasteiger partial charge in [0, 0.05) is 12.5 Å². The molecule has 1 aliphatic rings. The summed E-state index contributed by atoms with van der Waals surface area (Å²) in [4.78, 5) is 27.8. The van der Waals surface area contributed by atoms with Crippen LogP contribution in [0.1, 0.15) is 57.1 Å². The van der Waals surface area contributed by atoms with Crippen molar-refractivity contribution < 1.29 is 9.59 Å². The van der Waals surface area contributed by atoms with E-state index in [0.29, 0.717) is 6.54 Å². The molecule has 1 saturated carbocycles. The molecule has 0 heterocycles. The number of Topliss-reactive ketones (excluding diaryl/α,β-unsaturated/α-hetero) is 1. The van der Waals surface area contributed by atoms with E-state index in [1.807, 2.05) is 55.1 Å². The number of nitrogens with zero attached hydrogens (tertiary/aromatic N) is 1. The van der Waals surface area contributed by atoms with E-state index in [9.17, 15) is 9.59 Å². The van der Waals surface area contributed by atoms with Crippen LogP contribution in [0.15, 0.2) is 60.7 Å². The van der Waals surface area contributed by atoms with E-state index in [1.54, 1.807) is 6.92 Å². The van der Waals surface area contributed by atoms with Crippen LogP contribution < -0.4 is 0 Å². The number of amides is 1. The molecule has 4 atom stereocenters. The van der Waals surface area contributed by atoms with Gasteiger partial charge in [0.1, 0.15) is 0 Å². The molecule has 0 bridgehead atoms. The molecule has 0 N–H and O–H groups in total. The van der Waals surface area contributed by atoms with Crippen LogP contribution in [0.5, 0.6) is 0 Å². The second kappa shape index (κ2) is 8.72. The lowest BCUT2D eigenvalue weighted by molar-refractivity contribution is -0.142. The molecule has 0 saturated heterocycles. The maximum absolute atomic E-state index is 13.5. The number of carbonyl (C=O) groups is 2. The highest BCUT2D eigenvalue weighted by Crippen LogP contribution is 2.49. The predicted molar refractivity (Wildman–Crippen MR) is 113 cm³/mol. The van der Waals surface area contributed by atoms with Crippen molar-refractivity contribution in [3.05, 3.63) is 71.8 Å². The summed E-state index contributed by atoms with van der Waals surface area (Å²) in [6.45, 7) is 8.37. The van der Waals surface area contributed by atoms with Crippen molar-refractivity contribution in [1.82, 2.24) is 4.90 Å². The molecule has 2 unspecified atom stereocenters. The Morgan fingerprint density at radius 2 is 1.54 bits per heavy atom. The Labute approximate surface area is 168 Å². The fourth-order valence-electron chi connectivity index (χ4n) is 4.32. The molecule has 3 heteroatoms. The van der Waals surface area contributed by atoms with E-state index in [-0.39, 0.29) is 41.4 Å². The fourth-order valence-corrected chi connectivity index (χ4v) is 4.32. The number of carbonyl (C=O) groups excluding carboxylic acids is 2. The highest BCUT2D eigenvalue weighted by atomic mass is 16.2. The number of ketones is 1. The Bertz CT molecular complexity index is 800. The van der Waals surface area contributed by atoms with Gasteiger partial charge in [0.05, 0.1) is 6.04 Å². The molecule has 1 amide bonds. The first-order valence-electron chi connectivity index (χ1n) is 10.3. The van der Waals surface area contributed by atoms with Crippen LogP contribution in [0, 0.1) is 11.8 Å². The zero-order chi connectivity index (χ0) is 20.3. The molecule has 2 aromatic carbocycles. The molecule has 0 aliphatic heterocycles. The fraction of sp³-hybridized carbons (Fsp3) is 0.440. The molecular weight excluding hydrogens is 346 g/mol. The SMILES string of the molecule is CC(=O)[C@H](C(C)C)N(C[C@@H](C)c1ccccc1)C(=O)C1CC1c1ccccc1. The van der Waals surface area contributed by atoms with Crippen molar-refractivity contribution in [3.63, 3.8) is 0 Å². The molecule has 2 aromatic rings. The van der Waals surface area contributed by atoms with E-state index < -0.39 is 0 Å². The summed E-state index contributed by atoms with van der Waals surface area (Å²) in [5.74, 6) is 0.748. The molecule has 3 nitrogen and oxygen atoms in total. The Balaban J connectivity index is 1.82.